The van der Waals surface area contributed by atoms with Crippen LogP contribution < -0.4 is 5.32 Å². The zero-order chi connectivity index (χ0) is 16.1. The summed E-state index contributed by atoms with van der Waals surface area (Å²) in [5, 5.41) is 2.64. The lowest BCUT2D eigenvalue weighted by Crippen LogP contribution is -2.34. The van der Waals surface area contributed by atoms with E-state index >= 15 is 0 Å². The van der Waals surface area contributed by atoms with Crippen LogP contribution in [0.4, 0.5) is 0 Å². The summed E-state index contributed by atoms with van der Waals surface area (Å²) >= 11 is 17.4. The van der Waals surface area contributed by atoms with Crippen LogP contribution in [0.5, 0.6) is 0 Å². The van der Waals surface area contributed by atoms with Gasteiger partial charge in [0, 0.05) is 19.3 Å². The molecule has 2 rings (SSSR count). The Morgan fingerprint density at radius 2 is 2.14 bits per heavy atom. The van der Waals surface area contributed by atoms with Crippen LogP contribution in [0.15, 0.2) is 6.20 Å². The van der Waals surface area contributed by atoms with Gasteiger partial charge >= 0.3 is 5.97 Å². The molecule has 0 spiro atoms. The number of rotatable bonds is 5. The molecule has 6 nitrogen and oxygen atoms in total. The first kappa shape index (κ1) is 17.3. The third-order valence-electron chi connectivity index (χ3n) is 3.00. The number of nitrogens with zero attached hydrogens (tertiary/aromatic N) is 1. The molecule has 1 aromatic heterocycles. The lowest BCUT2D eigenvalue weighted by atomic mass is 10.2. The van der Waals surface area contributed by atoms with E-state index in [1.54, 1.807) is 0 Å². The second kappa shape index (κ2) is 7.97. The molecule has 1 aliphatic rings. The number of esters is 1. The largest absolute Gasteiger partial charge is 0.451 e. The highest BCUT2D eigenvalue weighted by atomic mass is 35.5. The minimum atomic E-state index is -0.851. The Morgan fingerprint density at radius 3 is 2.82 bits per heavy atom. The number of nitrogens with one attached hydrogen (secondary N) is 1. The number of ether oxygens (including phenoxy) is 2. The lowest BCUT2D eigenvalue weighted by molar-refractivity contribution is -0.124. The smallest absolute Gasteiger partial charge is 0.359 e. The van der Waals surface area contributed by atoms with E-state index in [-0.39, 0.29) is 26.9 Å². The van der Waals surface area contributed by atoms with Crippen molar-refractivity contribution >= 4 is 46.7 Å². The van der Waals surface area contributed by atoms with Gasteiger partial charge in [-0.2, -0.15) is 0 Å². The minimum Gasteiger partial charge on any atom is -0.451 e. The Bertz CT molecular complexity index is 577. The van der Waals surface area contributed by atoms with Crippen molar-refractivity contribution in [2.45, 2.75) is 18.9 Å². The van der Waals surface area contributed by atoms with Crippen LogP contribution in [0, 0.1) is 0 Å². The van der Waals surface area contributed by atoms with E-state index in [0.29, 0.717) is 13.2 Å². The number of pyridine rings is 1. The lowest BCUT2D eigenvalue weighted by Gasteiger charge is -2.11. The van der Waals surface area contributed by atoms with Gasteiger partial charge in [0.05, 0.1) is 21.2 Å². The fourth-order valence-corrected chi connectivity index (χ4v) is 2.43. The molecule has 1 fully saturated rings. The molecule has 2 heterocycles. The van der Waals surface area contributed by atoms with Gasteiger partial charge in [0.25, 0.3) is 5.91 Å². The van der Waals surface area contributed by atoms with Crippen LogP contribution in [-0.2, 0) is 14.3 Å². The first-order valence-electron chi connectivity index (χ1n) is 6.54. The van der Waals surface area contributed by atoms with E-state index in [9.17, 15) is 9.59 Å². The van der Waals surface area contributed by atoms with Gasteiger partial charge in [0.15, 0.2) is 12.3 Å². The maximum Gasteiger partial charge on any atom is 0.359 e. The summed E-state index contributed by atoms with van der Waals surface area (Å²) in [5.41, 5.74) is -0.192. The maximum atomic E-state index is 11.8. The van der Waals surface area contributed by atoms with E-state index in [2.05, 4.69) is 10.3 Å². The average Bonchev–Trinajstić information content (AvgIpc) is 3.02. The van der Waals surface area contributed by atoms with Crippen molar-refractivity contribution in [2.24, 2.45) is 0 Å². The molecule has 22 heavy (non-hydrogen) atoms. The number of halogens is 3. The molecule has 1 aliphatic heterocycles. The van der Waals surface area contributed by atoms with Crippen molar-refractivity contribution in [1.29, 1.82) is 0 Å². The molecule has 1 amide bonds. The van der Waals surface area contributed by atoms with Gasteiger partial charge in [-0.25, -0.2) is 9.78 Å². The molecule has 0 radical (unpaired) electrons. The van der Waals surface area contributed by atoms with Crippen LogP contribution in [0.25, 0.3) is 0 Å². The predicted molar refractivity (Wildman–Crippen MR) is 81.5 cm³/mol. The molecule has 0 bridgehead atoms. The number of carbonyl (C=O) groups excluding carboxylic acids is 2. The first-order chi connectivity index (χ1) is 10.5. The predicted octanol–water partition coefficient (Wildman–Crippen LogP) is 2.49. The summed E-state index contributed by atoms with van der Waals surface area (Å²) in [4.78, 5) is 27.2. The molecular formula is C13H13Cl3N2O4. The summed E-state index contributed by atoms with van der Waals surface area (Å²) < 4.78 is 10.2. The summed E-state index contributed by atoms with van der Waals surface area (Å²) in [5.74, 6) is -1.28. The summed E-state index contributed by atoms with van der Waals surface area (Å²) in [6, 6.07) is 0. The second-order valence-corrected chi connectivity index (χ2v) is 5.76. The third kappa shape index (κ3) is 4.46. The van der Waals surface area contributed by atoms with Crippen LogP contribution >= 0.6 is 34.8 Å². The third-order valence-corrected chi connectivity index (χ3v) is 4.24. The van der Waals surface area contributed by atoms with Gasteiger partial charge in [-0.3, -0.25) is 4.79 Å². The molecule has 0 aromatic carbocycles. The van der Waals surface area contributed by atoms with Gasteiger partial charge in [-0.15, -0.1) is 0 Å². The maximum absolute atomic E-state index is 11.8. The molecule has 120 valence electrons. The topological polar surface area (TPSA) is 77.5 Å². The number of hydrogen-bond acceptors (Lipinski definition) is 5. The van der Waals surface area contributed by atoms with E-state index in [4.69, 9.17) is 44.3 Å². The SMILES string of the molecule is O=C(COC(=O)c1ncc(Cl)c(Cl)c1Cl)NC[C@H]1CCCO1. The monoisotopic (exact) mass is 366 g/mol. The number of aromatic nitrogens is 1. The van der Waals surface area contributed by atoms with Crippen molar-refractivity contribution in [3.8, 4) is 0 Å². The molecule has 0 unspecified atom stereocenters. The van der Waals surface area contributed by atoms with Crippen LogP contribution in [0.3, 0.4) is 0 Å². The minimum absolute atomic E-state index is 0.00752. The van der Waals surface area contributed by atoms with E-state index in [0.717, 1.165) is 12.8 Å². The van der Waals surface area contributed by atoms with E-state index < -0.39 is 18.5 Å². The first-order valence-corrected chi connectivity index (χ1v) is 7.67. The highest BCUT2D eigenvalue weighted by molar-refractivity contribution is 6.48. The quantitative estimate of drug-likeness (QED) is 0.809. The zero-order valence-corrected chi connectivity index (χ0v) is 13.7. The van der Waals surface area contributed by atoms with Gasteiger partial charge in [-0.05, 0) is 12.8 Å². The van der Waals surface area contributed by atoms with Crippen LogP contribution in [-0.4, -0.2) is 42.7 Å². The van der Waals surface area contributed by atoms with E-state index in [1.807, 2.05) is 0 Å². The molecule has 1 atom stereocenters. The van der Waals surface area contributed by atoms with Crippen molar-refractivity contribution < 1.29 is 19.1 Å². The Hall–Kier alpha value is -1.08. The average molecular weight is 368 g/mol. The van der Waals surface area contributed by atoms with Crippen molar-refractivity contribution in [1.82, 2.24) is 10.3 Å². The second-order valence-electron chi connectivity index (χ2n) is 4.60. The molecule has 1 saturated heterocycles. The van der Waals surface area contributed by atoms with Crippen molar-refractivity contribution in [2.75, 3.05) is 19.8 Å². The molecule has 0 aliphatic carbocycles. The summed E-state index contributed by atoms with van der Waals surface area (Å²) in [6.45, 7) is 0.656. The van der Waals surface area contributed by atoms with Gasteiger partial charge in [0.2, 0.25) is 0 Å². The Labute approximate surface area is 142 Å². The zero-order valence-electron chi connectivity index (χ0n) is 11.4. The van der Waals surface area contributed by atoms with Crippen molar-refractivity contribution in [3.05, 3.63) is 27.0 Å². The number of hydrogen-bond donors (Lipinski definition) is 1. The van der Waals surface area contributed by atoms with Gasteiger partial charge in [-0.1, -0.05) is 34.8 Å². The highest BCUT2D eigenvalue weighted by Crippen LogP contribution is 2.31. The van der Waals surface area contributed by atoms with Gasteiger partial charge < -0.3 is 14.8 Å². The van der Waals surface area contributed by atoms with Crippen molar-refractivity contribution in [3.63, 3.8) is 0 Å². The fraction of sp³-hybridized carbons (Fsp3) is 0.462. The molecular weight excluding hydrogens is 355 g/mol. The standard InChI is InChI=1S/C13H13Cl3N2O4/c14-8-5-18-12(11(16)10(8)15)13(20)22-6-9(19)17-4-7-2-1-3-21-7/h5,7H,1-4,6H2,(H,17,19)/t7-/m1/s1. The highest BCUT2D eigenvalue weighted by Gasteiger charge is 2.20. The summed E-state index contributed by atoms with van der Waals surface area (Å²) in [6.07, 6.45) is 3.09. The molecule has 0 saturated carbocycles. The van der Waals surface area contributed by atoms with E-state index in [1.165, 1.54) is 6.20 Å². The van der Waals surface area contributed by atoms with Crippen LogP contribution in [0.2, 0.25) is 15.1 Å². The Morgan fingerprint density at radius 1 is 1.36 bits per heavy atom. The Balaban J connectivity index is 1.82. The fourth-order valence-electron chi connectivity index (χ4n) is 1.87. The number of amides is 1. The molecule has 1 N–H and O–H groups in total. The number of carbonyl (C=O) groups is 2. The van der Waals surface area contributed by atoms with Gasteiger partial charge in [0.1, 0.15) is 0 Å². The van der Waals surface area contributed by atoms with Crippen LogP contribution in [0.1, 0.15) is 23.3 Å². The Kier molecular flexibility index (Phi) is 6.26. The summed E-state index contributed by atoms with van der Waals surface area (Å²) in [7, 11) is 0. The molecule has 1 aromatic rings. The normalized spacial score (nSPS) is 17.3. The molecule has 9 heteroatoms.